The lowest BCUT2D eigenvalue weighted by molar-refractivity contribution is 0.102. The van der Waals surface area contributed by atoms with Crippen molar-refractivity contribution in [1.82, 2.24) is 4.98 Å². The van der Waals surface area contributed by atoms with Crippen LogP contribution in [0.2, 0.25) is 0 Å². The van der Waals surface area contributed by atoms with Crippen LogP contribution < -0.4 is 15.4 Å². The Bertz CT molecular complexity index is 860. The molecular weight excluding hydrogens is 302 g/mol. The first-order valence-electron chi connectivity index (χ1n) is 7.82. The van der Waals surface area contributed by atoms with E-state index in [9.17, 15) is 4.79 Å². The Morgan fingerprint density at radius 1 is 1.04 bits per heavy atom. The third-order valence-corrected chi connectivity index (χ3v) is 3.64. The lowest BCUT2D eigenvalue weighted by Crippen LogP contribution is -2.13. The molecule has 0 atom stereocenters. The van der Waals surface area contributed by atoms with Gasteiger partial charge in [0.25, 0.3) is 5.91 Å². The number of hydrogen-bond acceptors (Lipinski definition) is 4. The molecule has 0 saturated carbocycles. The zero-order valence-electron chi connectivity index (χ0n) is 13.7. The van der Waals surface area contributed by atoms with E-state index in [4.69, 9.17) is 4.74 Å². The summed E-state index contributed by atoms with van der Waals surface area (Å²) in [5.74, 6) is 0.508. The summed E-state index contributed by atoms with van der Waals surface area (Å²) in [4.78, 5) is 16.8. The minimum Gasteiger partial charge on any atom is -0.494 e. The monoisotopic (exact) mass is 321 g/mol. The molecule has 0 saturated heterocycles. The average molecular weight is 321 g/mol. The van der Waals surface area contributed by atoms with Crippen LogP contribution in [0.3, 0.4) is 0 Å². The number of rotatable bonds is 5. The SMILES string of the molecule is CCOc1ccc2ccc(C(=O)Nc3ccc(NC)cc3)nc2c1. The van der Waals surface area contributed by atoms with E-state index in [0.717, 1.165) is 28.0 Å². The van der Waals surface area contributed by atoms with Gasteiger partial charge >= 0.3 is 0 Å². The summed E-state index contributed by atoms with van der Waals surface area (Å²) < 4.78 is 5.49. The molecule has 0 aliphatic rings. The van der Waals surface area contributed by atoms with Crippen LogP contribution in [0.4, 0.5) is 11.4 Å². The predicted molar refractivity (Wildman–Crippen MR) is 96.9 cm³/mol. The zero-order chi connectivity index (χ0) is 16.9. The molecule has 0 fully saturated rings. The molecule has 0 aliphatic heterocycles. The molecule has 5 heteroatoms. The van der Waals surface area contributed by atoms with E-state index < -0.39 is 0 Å². The molecule has 1 aromatic heterocycles. The van der Waals surface area contributed by atoms with Gasteiger partial charge in [-0.1, -0.05) is 6.07 Å². The third kappa shape index (κ3) is 3.46. The number of hydrogen-bond donors (Lipinski definition) is 2. The summed E-state index contributed by atoms with van der Waals surface area (Å²) in [7, 11) is 1.85. The van der Waals surface area contributed by atoms with Gasteiger partial charge in [-0.25, -0.2) is 4.98 Å². The topological polar surface area (TPSA) is 63.2 Å². The van der Waals surface area contributed by atoms with Gasteiger partial charge in [0, 0.05) is 29.9 Å². The molecule has 1 amide bonds. The first-order chi connectivity index (χ1) is 11.7. The number of anilines is 2. The molecule has 2 N–H and O–H groups in total. The highest BCUT2D eigenvalue weighted by Gasteiger charge is 2.09. The van der Waals surface area contributed by atoms with Crippen molar-refractivity contribution in [3.8, 4) is 5.75 Å². The van der Waals surface area contributed by atoms with Crippen LogP contribution in [0, 0.1) is 0 Å². The Kier molecular flexibility index (Phi) is 4.61. The van der Waals surface area contributed by atoms with Gasteiger partial charge in [-0.05, 0) is 49.4 Å². The molecule has 5 nitrogen and oxygen atoms in total. The van der Waals surface area contributed by atoms with E-state index in [0.29, 0.717) is 12.3 Å². The number of carbonyl (C=O) groups excluding carboxylic acids is 1. The van der Waals surface area contributed by atoms with E-state index in [1.165, 1.54) is 0 Å². The van der Waals surface area contributed by atoms with Gasteiger partial charge in [-0.15, -0.1) is 0 Å². The lowest BCUT2D eigenvalue weighted by atomic mass is 10.2. The van der Waals surface area contributed by atoms with Gasteiger partial charge < -0.3 is 15.4 Å². The number of fused-ring (bicyclic) bond motifs is 1. The summed E-state index contributed by atoms with van der Waals surface area (Å²) in [6, 6.07) is 16.8. The average Bonchev–Trinajstić information content (AvgIpc) is 2.62. The van der Waals surface area contributed by atoms with Gasteiger partial charge in [-0.2, -0.15) is 0 Å². The van der Waals surface area contributed by atoms with Gasteiger partial charge in [0.15, 0.2) is 0 Å². The largest absolute Gasteiger partial charge is 0.494 e. The molecule has 122 valence electrons. The number of nitrogens with zero attached hydrogens (tertiary/aromatic N) is 1. The number of pyridine rings is 1. The van der Waals surface area contributed by atoms with Crippen molar-refractivity contribution in [3.05, 3.63) is 60.3 Å². The lowest BCUT2D eigenvalue weighted by Gasteiger charge is -2.08. The third-order valence-electron chi connectivity index (χ3n) is 3.64. The van der Waals surface area contributed by atoms with Gasteiger partial charge in [0.2, 0.25) is 0 Å². The summed E-state index contributed by atoms with van der Waals surface area (Å²) in [5, 5.41) is 6.86. The zero-order valence-corrected chi connectivity index (χ0v) is 13.7. The molecule has 0 radical (unpaired) electrons. The highest BCUT2D eigenvalue weighted by Crippen LogP contribution is 2.20. The van der Waals surface area contributed by atoms with Crippen LogP contribution in [-0.4, -0.2) is 24.5 Å². The van der Waals surface area contributed by atoms with Crippen molar-refractivity contribution in [3.63, 3.8) is 0 Å². The number of aromatic nitrogens is 1. The van der Waals surface area contributed by atoms with Crippen LogP contribution in [0.15, 0.2) is 54.6 Å². The Labute approximate surface area is 140 Å². The first-order valence-corrected chi connectivity index (χ1v) is 7.82. The maximum absolute atomic E-state index is 12.4. The maximum atomic E-state index is 12.4. The second-order valence-corrected chi connectivity index (χ2v) is 5.27. The van der Waals surface area contributed by atoms with Crippen molar-refractivity contribution in [2.45, 2.75) is 6.92 Å². The van der Waals surface area contributed by atoms with Gasteiger partial charge in [0.05, 0.1) is 12.1 Å². The van der Waals surface area contributed by atoms with E-state index in [-0.39, 0.29) is 5.91 Å². The van der Waals surface area contributed by atoms with Crippen molar-refractivity contribution >= 4 is 28.2 Å². The Balaban J connectivity index is 1.82. The summed E-state index contributed by atoms with van der Waals surface area (Å²) >= 11 is 0. The number of benzene rings is 2. The molecule has 3 aromatic rings. The number of ether oxygens (including phenoxy) is 1. The quantitative estimate of drug-likeness (QED) is 0.747. The summed E-state index contributed by atoms with van der Waals surface area (Å²) in [5.41, 5.74) is 2.82. The van der Waals surface area contributed by atoms with Crippen LogP contribution in [0.1, 0.15) is 17.4 Å². The molecule has 24 heavy (non-hydrogen) atoms. The van der Waals surface area contributed by atoms with Crippen molar-refractivity contribution in [2.24, 2.45) is 0 Å². The van der Waals surface area contributed by atoms with Crippen molar-refractivity contribution in [2.75, 3.05) is 24.3 Å². The normalized spacial score (nSPS) is 10.4. The Hall–Kier alpha value is -3.08. The first kappa shape index (κ1) is 15.8. The summed E-state index contributed by atoms with van der Waals surface area (Å²) in [6.07, 6.45) is 0. The second kappa shape index (κ2) is 7.00. The minimum atomic E-state index is -0.240. The molecule has 0 spiro atoms. The highest BCUT2D eigenvalue weighted by molar-refractivity contribution is 6.04. The molecule has 0 unspecified atom stereocenters. The highest BCUT2D eigenvalue weighted by atomic mass is 16.5. The molecular formula is C19H19N3O2. The van der Waals surface area contributed by atoms with Gasteiger partial charge in [0.1, 0.15) is 11.4 Å². The van der Waals surface area contributed by atoms with Gasteiger partial charge in [-0.3, -0.25) is 4.79 Å². The van der Waals surface area contributed by atoms with E-state index >= 15 is 0 Å². The van der Waals surface area contributed by atoms with Crippen LogP contribution in [-0.2, 0) is 0 Å². The van der Waals surface area contributed by atoms with E-state index in [1.54, 1.807) is 6.07 Å². The maximum Gasteiger partial charge on any atom is 0.274 e. The fourth-order valence-corrected chi connectivity index (χ4v) is 2.40. The molecule has 1 heterocycles. The Morgan fingerprint density at radius 2 is 1.75 bits per heavy atom. The fraction of sp³-hybridized carbons (Fsp3) is 0.158. The standard InChI is InChI=1S/C19H19N3O2/c1-3-24-16-10-4-13-5-11-17(22-18(13)12-16)19(23)21-15-8-6-14(20-2)7-9-15/h4-12,20H,3H2,1-2H3,(H,21,23). The Morgan fingerprint density at radius 3 is 2.46 bits per heavy atom. The number of carbonyl (C=O) groups is 1. The van der Waals surface area contributed by atoms with Crippen molar-refractivity contribution < 1.29 is 9.53 Å². The predicted octanol–water partition coefficient (Wildman–Crippen LogP) is 3.93. The molecule has 0 aliphatic carbocycles. The molecule has 0 bridgehead atoms. The fourth-order valence-electron chi connectivity index (χ4n) is 2.40. The van der Waals surface area contributed by atoms with E-state index in [2.05, 4.69) is 15.6 Å². The number of amides is 1. The molecule has 3 rings (SSSR count). The minimum absolute atomic E-state index is 0.240. The molecule has 2 aromatic carbocycles. The second-order valence-electron chi connectivity index (χ2n) is 5.27. The smallest absolute Gasteiger partial charge is 0.274 e. The van der Waals surface area contributed by atoms with Crippen molar-refractivity contribution in [1.29, 1.82) is 0 Å². The summed E-state index contributed by atoms with van der Waals surface area (Å²) in [6.45, 7) is 2.52. The van der Waals surface area contributed by atoms with Crippen LogP contribution in [0.25, 0.3) is 10.9 Å². The van der Waals surface area contributed by atoms with Crippen LogP contribution >= 0.6 is 0 Å². The number of nitrogens with one attached hydrogen (secondary N) is 2. The van der Waals surface area contributed by atoms with E-state index in [1.807, 2.05) is 62.5 Å². The van der Waals surface area contributed by atoms with Crippen LogP contribution in [0.5, 0.6) is 5.75 Å².